The van der Waals surface area contributed by atoms with Gasteiger partial charge in [0.05, 0.1) is 23.1 Å². The van der Waals surface area contributed by atoms with Gasteiger partial charge in [-0.1, -0.05) is 6.07 Å². The van der Waals surface area contributed by atoms with Crippen molar-refractivity contribution in [1.29, 1.82) is 0 Å². The Balaban J connectivity index is 2.13. The average molecular weight is 223 g/mol. The topological polar surface area (TPSA) is 67.3 Å². The summed E-state index contributed by atoms with van der Waals surface area (Å²) >= 11 is 0. The predicted molar refractivity (Wildman–Crippen MR) is 62.8 cm³/mol. The molecule has 82 valence electrons. The van der Waals surface area contributed by atoms with Crippen LogP contribution in [-0.2, 0) is 0 Å². The predicted octanol–water partition coefficient (Wildman–Crippen LogP) is 1.93. The zero-order valence-electron chi connectivity index (χ0n) is 8.91. The number of nitrogens with one attached hydrogen (secondary N) is 1. The number of hydrogen-bond acceptors (Lipinski definition) is 4. The van der Waals surface area contributed by atoms with E-state index in [-0.39, 0.29) is 0 Å². The van der Waals surface area contributed by atoms with E-state index in [9.17, 15) is 0 Å². The van der Waals surface area contributed by atoms with Crippen molar-refractivity contribution in [2.24, 2.45) is 0 Å². The van der Waals surface area contributed by atoms with E-state index in [4.69, 9.17) is 0 Å². The largest absolute Gasteiger partial charge is 0.275 e. The van der Waals surface area contributed by atoms with Crippen molar-refractivity contribution < 1.29 is 0 Å². The monoisotopic (exact) mass is 223 g/mol. The minimum atomic E-state index is 0.641. The normalized spacial score (nSPS) is 10.4. The van der Waals surface area contributed by atoms with Gasteiger partial charge in [0, 0.05) is 18.6 Å². The number of aromatic nitrogens is 5. The number of H-pyrrole nitrogens is 1. The van der Waals surface area contributed by atoms with Gasteiger partial charge in [0.2, 0.25) is 0 Å². The Morgan fingerprint density at radius 1 is 0.882 bits per heavy atom. The Hall–Kier alpha value is -2.56. The third-order valence-electron chi connectivity index (χ3n) is 2.37. The van der Waals surface area contributed by atoms with E-state index in [0.717, 1.165) is 17.0 Å². The first-order valence-corrected chi connectivity index (χ1v) is 5.17. The molecule has 0 aliphatic heterocycles. The van der Waals surface area contributed by atoms with E-state index < -0.39 is 0 Å². The maximum atomic E-state index is 4.28. The van der Waals surface area contributed by atoms with Crippen LogP contribution in [0.2, 0.25) is 0 Å². The van der Waals surface area contributed by atoms with Crippen LogP contribution in [0.3, 0.4) is 0 Å². The highest BCUT2D eigenvalue weighted by molar-refractivity contribution is 5.74. The van der Waals surface area contributed by atoms with Gasteiger partial charge in [0.25, 0.3) is 0 Å². The van der Waals surface area contributed by atoms with Crippen LogP contribution in [0, 0.1) is 0 Å². The van der Waals surface area contributed by atoms with E-state index in [1.165, 1.54) is 0 Å². The van der Waals surface area contributed by atoms with Crippen LogP contribution in [0.5, 0.6) is 0 Å². The summed E-state index contributed by atoms with van der Waals surface area (Å²) in [6, 6.07) is 7.50. The van der Waals surface area contributed by atoms with Crippen LogP contribution in [0.15, 0.2) is 49.1 Å². The quantitative estimate of drug-likeness (QED) is 0.720. The summed E-state index contributed by atoms with van der Waals surface area (Å²) in [5.41, 5.74) is 2.51. The molecule has 0 aliphatic rings. The van der Waals surface area contributed by atoms with Crippen molar-refractivity contribution in [2.45, 2.75) is 0 Å². The number of hydrogen-bond donors (Lipinski definition) is 1. The molecule has 5 heteroatoms. The van der Waals surface area contributed by atoms with Gasteiger partial charge in [-0.3, -0.25) is 10.1 Å². The fourth-order valence-electron chi connectivity index (χ4n) is 1.60. The zero-order valence-corrected chi connectivity index (χ0v) is 8.91. The van der Waals surface area contributed by atoms with E-state index in [1.807, 2.05) is 18.2 Å². The molecule has 5 nitrogen and oxygen atoms in total. The molecule has 1 N–H and O–H groups in total. The first kappa shape index (κ1) is 9.65. The van der Waals surface area contributed by atoms with Gasteiger partial charge in [0.1, 0.15) is 0 Å². The molecule has 0 atom stereocenters. The zero-order chi connectivity index (χ0) is 11.5. The fourth-order valence-corrected chi connectivity index (χ4v) is 1.60. The molecule has 3 rings (SSSR count). The molecule has 3 heterocycles. The van der Waals surface area contributed by atoms with E-state index in [1.54, 1.807) is 30.9 Å². The van der Waals surface area contributed by atoms with Crippen molar-refractivity contribution in [2.75, 3.05) is 0 Å². The van der Waals surface area contributed by atoms with Crippen molar-refractivity contribution in [3.05, 3.63) is 49.1 Å². The smallest absolute Gasteiger partial charge is 0.163 e. The molecular weight excluding hydrogens is 214 g/mol. The molecule has 3 aromatic heterocycles. The van der Waals surface area contributed by atoms with Crippen LogP contribution < -0.4 is 0 Å². The maximum absolute atomic E-state index is 4.28. The molecule has 0 bridgehead atoms. The SMILES string of the molecule is c1ccc(-c2[nH]ncc2-c2ncccn2)nc1. The molecule has 0 saturated carbocycles. The summed E-state index contributed by atoms with van der Waals surface area (Å²) in [5.74, 6) is 0.641. The Kier molecular flexibility index (Phi) is 2.34. The van der Waals surface area contributed by atoms with Crippen LogP contribution in [0.4, 0.5) is 0 Å². The van der Waals surface area contributed by atoms with Crippen LogP contribution in [-0.4, -0.2) is 25.1 Å². The van der Waals surface area contributed by atoms with Crippen molar-refractivity contribution in [3.63, 3.8) is 0 Å². The van der Waals surface area contributed by atoms with Crippen LogP contribution in [0.25, 0.3) is 22.8 Å². The Labute approximate surface area is 97.6 Å². The van der Waals surface area contributed by atoms with Gasteiger partial charge in [-0.2, -0.15) is 5.10 Å². The molecular formula is C12H9N5. The Morgan fingerprint density at radius 3 is 2.47 bits per heavy atom. The molecule has 3 aromatic rings. The van der Waals surface area contributed by atoms with Crippen molar-refractivity contribution in [3.8, 4) is 22.8 Å². The second-order valence-corrected chi connectivity index (χ2v) is 3.45. The summed E-state index contributed by atoms with van der Waals surface area (Å²) in [6.07, 6.45) is 6.86. The van der Waals surface area contributed by atoms with Gasteiger partial charge in [0.15, 0.2) is 5.82 Å². The number of rotatable bonds is 2. The highest BCUT2D eigenvalue weighted by Crippen LogP contribution is 2.25. The minimum Gasteiger partial charge on any atom is -0.275 e. The van der Waals surface area contributed by atoms with Crippen molar-refractivity contribution >= 4 is 0 Å². The summed E-state index contributed by atoms with van der Waals surface area (Å²) in [7, 11) is 0. The third kappa shape index (κ3) is 1.78. The van der Waals surface area contributed by atoms with Gasteiger partial charge in [-0.25, -0.2) is 9.97 Å². The third-order valence-corrected chi connectivity index (χ3v) is 2.37. The lowest BCUT2D eigenvalue weighted by atomic mass is 10.1. The average Bonchev–Trinajstić information content (AvgIpc) is 2.90. The summed E-state index contributed by atoms with van der Waals surface area (Å²) < 4.78 is 0. The molecule has 0 unspecified atom stereocenters. The van der Waals surface area contributed by atoms with E-state index in [2.05, 4.69) is 25.1 Å². The summed E-state index contributed by atoms with van der Waals surface area (Å²) in [6.45, 7) is 0. The second-order valence-electron chi connectivity index (χ2n) is 3.45. The number of aromatic amines is 1. The standard InChI is InChI=1S/C12H9N5/c1-2-5-13-10(4-1)11-9(8-16-17-11)12-14-6-3-7-15-12/h1-8H,(H,16,17). The molecule has 17 heavy (non-hydrogen) atoms. The molecule has 0 aliphatic carbocycles. The first-order valence-electron chi connectivity index (χ1n) is 5.17. The van der Waals surface area contributed by atoms with Crippen molar-refractivity contribution in [1.82, 2.24) is 25.1 Å². The molecule has 0 aromatic carbocycles. The van der Waals surface area contributed by atoms with E-state index in [0.29, 0.717) is 5.82 Å². The van der Waals surface area contributed by atoms with Gasteiger partial charge in [-0.15, -0.1) is 0 Å². The fraction of sp³-hybridized carbons (Fsp3) is 0. The molecule has 0 spiro atoms. The lowest BCUT2D eigenvalue weighted by molar-refractivity contribution is 1.09. The highest BCUT2D eigenvalue weighted by Gasteiger charge is 2.11. The summed E-state index contributed by atoms with van der Waals surface area (Å²) in [5, 5.41) is 6.96. The maximum Gasteiger partial charge on any atom is 0.163 e. The van der Waals surface area contributed by atoms with Gasteiger partial charge >= 0.3 is 0 Å². The number of nitrogens with zero attached hydrogens (tertiary/aromatic N) is 4. The van der Waals surface area contributed by atoms with Gasteiger partial charge < -0.3 is 0 Å². The van der Waals surface area contributed by atoms with Gasteiger partial charge in [-0.05, 0) is 18.2 Å². The Morgan fingerprint density at radius 2 is 1.71 bits per heavy atom. The minimum absolute atomic E-state index is 0.641. The highest BCUT2D eigenvalue weighted by atomic mass is 15.1. The molecule has 0 saturated heterocycles. The Bertz CT molecular complexity index is 549. The summed E-state index contributed by atoms with van der Waals surface area (Å²) in [4.78, 5) is 12.7. The second kappa shape index (κ2) is 4.13. The molecule has 0 fully saturated rings. The van der Waals surface area contributed by atoms with Crippen LogP contribution >= 0.6 is 0 Å². The number of pyridine rings is 1. The molecule has 0 amide bonds. The molecule has 0 radical (unpaired) electrons. The first-order chi connectivity index (χ1) is 8.45. The lowest BCUT2D eigenvalue weighted by Crippen LogP contribution is -1.89. The van der Waals surface area contributed by atoms with Crippen LogP contribution in [0.1, 0.15) is 0 Å². The lowest BCUT2D eigenvalue weighted by Gasteiger charge is -2.00. The van der Waals surface area contributed by atoms with E-state index >= 15 is 0 Å².